The van der Waals surface area contributed by atoms with Crippen molar-refractivity contribution in [2.75, 3.05) is 14.1 Å². The van der Waals surface area contributed by atoms with Gasteiger partial charge < -0.3 is 10.2 Å². The molecule has 0 saturated carbocycles. The van der Waals surface area contributed by atoms with Crippen molar-refractivity contribution in [1.29, 1.82) is 0 Å². The van der Waals surface area contributed by atoms with Gasteiger partial charge in [0.1, 0.15) is 5.69 Å². The standard InChI is InChI=1S/C17H19N5O/c1-5-13-6-7-14(11-22(3)4)21-16(13)12(2)20-17(23)15-10-18-8-9-19-15/h5-10H,1-2,11H2,3-4H3,(H,20,23). The van der Waals surface area contributed by atoms with Crippen LogP contribution in [0.4, 0.5) is 0 Å². The largest absolute Gasteiger partial charge is 0.319 e. The maximum absolute atomic E-state index is 12.2. The zero-order valence-corrected chi connectivity index (χ0v) is 13.3. The maximum Gasteiger partial charge on any atom is 0.275 e. The van der Waals surface area contributed by atoms with E-state index in [9.17, 15) is 4.79 Å². The van der Waals surface area contributed by atoms with E-state index in [1.165, 1.54) is 18.6 Å². The summed E-state index contributed by atoms with van der Waals surface area (Å²) >= 11 is 0. The van der Waals surface area contributed by atoms with Crippen LogP contribution in [-0.4, -0.2) is 39.9 Å². The first-order valence-corrected chi connectivity index (χ1v) is 7.05. The van der Waals surface area contributed by atoms with Crippen LogP contribution in [0.3, 0.4) is 0 Å². The predicted molar refractivity (Wildman–Crippen MR) is 90.3 cm³/mol. The molecular formula is C17H19N5O. The van der Waals surface area contributed by atoms with Gasteiger partial charge in [0.2, 0.25) is 0 Å². The van der Waals surface area contributed by atoms with Crippen molar-refractivity contribution in [1.82, 2.24) is 25.2 Å². The monoisotopic (exact) mass is 309 g/mol. The van der Waals surface area contributed by atoms with Crippen LogP contribution in [0.1, 0.15) is 27.4 Å². The summed E-state index contributed by atoms with van der Waals surface area (Å²) in [7, 11) is 3.93. The summed E-state index contributed by atoms with van der Waals surface area (Å²) in [6.45, 7) is 8.38. The van der Waals surface area contributed by atoms with Gasteiger partial charge in [-0.1, -0.05) is 25.3 Å². The number of amides is 1. The molecule has 1 amide bonds. The number of nitrogens with zero attached hydrogens (tertiary/aromatic N) is 4. The van der Waals surface area contributed by atoms with E-state index in [1.54, 1.807) is 6.08 Å². The third-order valence-electron chi connectivity index (χ3n) is 3.03. The fourth-order valence-corrected chi connectivity index (χ4v) is 2.01. The van der Waals surface area contributed by atoms with Gasteiger partial charge in [-0.05, 0) is 20.2 Å². The van der Waals surface area contributed by atoms with Gasteiger partial charge in [0.05, 0.1) is 23.3 Å². The molecule has 1 N–H and O–H groups in total. The summed E-state index contributed by atoms with van der Waals surface area (Å²) < 4.78 is 0. The first-order chi connectivity index (χ1) is 11.0. The van der Waals surface area contributed by atoms with Crippen LogP contribution >= 0.6 is 0 Å². The van der Waals surface area contributed by atoms with Crippen molar-refractivity contribution in [2.45, 2.75) is 6.54 Å². The van der Waals surface area contributed by atoms with E-state index in [0.29, 0.717) is 17.9 Å². The quantitative estimate of drug-likeness (QED) is 0.883. The predicted octanol–water partition coefficient (Wildman–Crippen LogP) is 1.98. The van der Waals surface area contributed by atoms with E-state index in [4.69, 9.17) is 0 Å². The zero-order valence-electron chi connectivity index (χ0n) is 13.3. The van der Waals surface area contributed by atoms with Crippen LogP contribution in [0.2, 0.25) is 0 Å². The van der Waals surface area contributed by atoms with Crippen molar-refractivity contribution in [3.05, 3.63) is 66.5 Å². The Morgan fingerprint density at radius 2 is 2.13 bits per heavy atom. The number of carbonyl (C=O) groups is 1. The summed E-state index contributed by atoms with van der Waals surface area (Å²) in [5, 5.41) is 2.71. The Kier molecular flexibility index (Phi) is 5.32. The van der Waals surface area contributed by atoms with Gasteiger partial charge >= 0.3 is 0 Å². The number of aromatic nitrogens is 3. The van der Waals surface area contributed by atoms with Crippen LogP contribution in [0.15, 0.2) is 43.9 Å². The molecule has 118 valence electrons. The molecule has 2 aromatic heterocycles. The van der Waals surface area contributed by atoms with Crippen molar-refractivity contribution in [2.24, 2.45) is 0 Å². The van der Waals surface area contributed by atoms with Gasteiger partial charge in [-0.15, -0.1) is 0 Å². The minimum Gasteiger partial charge on any atom is -0.319 e. The summed E-state index contributed by atoms with van der Waals surface area (Å²) in [6, 6.07) is 3.84. The Morgan fingerprint density at radius 1 is 1.35 bits per heavy atom. The summed E-state index contributed by atoms with van der Waals surface area (Å²) in [5.74, 6) is -0.377. The summed E-state index contributed by atoms with van der Waals surface area (Å²) in [6.07, 6.45) is 6.05. The van der Waals surface area contributed by atoms with Gasteiger partial charge in [-0.3, -0.25) is 9.78 Å². The van der Waals surface area contributed by atoms with E-state index in [2.05, 4.69) is 33.4 Å². The highest BCUT2D eigenvalue weighted by molar-refractivity contribution is 5.97. The van der Waals surface area contributed by atoms with Crippen LogP contribution in [-0.2, 0) is 6.54 Å². The number of carbonyl (C=O) groups excluding carboxylic acids is 1. The second-order valence-electron chi connectivity index (χ2n) is 5.21. The van der Waals surface area contributed by atoms with Crippen LogP contribution in [0, 0.1) is 0 Å². The van der Waals surface area contributed by atoms with E-state index >= 15 is 0 Å². The van der Waals surface area contributed by atoms with Gasteiger partial charge in [0.15, 0.2) is 0 Å². The average molecular weight is 309 g/mol. The maximum atomic E-state index is 12.2. The molecule has 0 aliphatic carbocycles. The van der Waals surface area contributed by atoms with Crippen molar-refractivity contribution in [3.63, 3.8) is 0 Å². The molecule has 0 atom stereocenters. The number of pyridine rings is 1. The fraction of sp³-hybridized carbons (Fsp3) is 0.176. The molecule has 0 bridgehead atoms. The van der Waals surface area contributed by atoms with Crippen molar-refractivity contribution in [3.8, 4) is 0 Å². The molecule has 2 aromatic rings. The lowest BCUT2D eigenvalue weighted by Gasteiger charge is -2.14. The van der Waals surface area contributed by atoms with Gasteiger partial charge in [0.25, 0.3) is 5.91 Å². The molecule has 0 radical (unpaired) electrons. The lowest BCUT2D eigenvalue weighted by molar-refractivity contribution is 0.0968. The smallest absolute Gasteiger partial charge is 0.275 e. The Morgan fingerprint density at radius 3 is 2.74 bits per heavy atom. The van der Waals surface area contributed by atoms with E-state index in [0.717, 1.165) is 11.3 Å². The Balaban J connectivity index is 2.23. The molecule has 6 nitrogen and oxygen atoms in total. The molecule has 0 spiro atoms. The molecule has 0 aliphatic rings. The average Bonchev–Trinajstić information content (AvgIpc) is 2.55. The molecular weight excluding hydrogens is 290 g/mol. The molecule has 2 rings (SSSR count). The molecule has 0 unspecified atom stereocenters. The van der Waals surface area contributed by atoms with Crippen LogP contribution < -0.4 is 5.32 Å². The van der Waals surface area contributed by atoms with Gasteiger partial charge in [0, 0.05) is 24.5 Å². The molecule has 0 fully saturated rings. The second-order valence-corrected chi connectivity index (χ2v) is 5.21. The van der Waals surface area contributed by atoms with Gasteiger partial charge in [-0.2, -0.15) is 0 Å². The highest BCUT2D eigenvalue weighted by atomic mass is 16.1. The number of hydrogen-bond donors (Lipinski definition) is 1. The lowest BCUT2D eigenvalue weighted by Crippen LogP contribution is -2.24. The fourth-order valence-electron chi connectivity index (χ4n) is 2.01. The topological polar surface area (TPSA) is 71.0 Å². The molecule has 0 saturated heterocycles. The molecule has 0 aromatic carbocycles. The lowest BCUT2D eigenvalue weighted by atomic mass is 10.1. The number of nitrogens with one attached hydrogen (secondary N) is 1. The minimum atomic E-state index is -0.377. The Labute approximate surface area is 135 Å². The normalized spacial score (nSPS) is 10.4. The van der Waals surface area contributed by atoms with Crippen LogP contribution in [0.5, 0.6) is 0 Å². The van der Waals surface area contributed by atoms with Crippen molar-refractivity contribution >= 4 is 17.7 Å². The van der Waals surface area contributed by atoms with Gasteiger partial charge in [-0.25, -0.2) is 9.97 Å². The van der Waals surface area contributed by atoms with E-state index in [-0.39, 0.29) is 11.6 Å². The highest BCUT2D eigenvalue weighted by Crippen LogP contribution is 2.16. The first-order valence-electron chi connectivity index (χ1n) is 7.05. The third kappa shape index (κ3) is 4.31. The zero-order chi connectivity index (χ0) is 16.8. The molecule has 6 heteroatoms. The Hall–Kier alpha value is -2.86. The minimum absolute atomic E-state index is 0.221. The molecule has 2 heterocycles. The van der Waals surface area contributed by atoms with E-state index < -0.39 is 0 Å². The second kappa shape index (κ2) is 7.42. The Bertz CT molecular complexity index is 725. The highest BCUT2D eigenvalue weighted by Gasteiger charge is 2.13. The van der Waals surface area contributed by atoms with E-state index in [1.807, 2.05) is 31.1 Å². The first kappa shape index (κ1) is 16.5. The molecule has 23 heavy (non-hydrogen) atoms. The third-order valence-corrected chi connectivity index (χ3v) is 3.03. The summed E-state index contributed by atoms with van der Waals surface area (Å²) in [4.78, 5) is 26.6. The van der Waals surface area contributed by atoms with Crippen molar-refractivity contribution < 1.29 is 4.79 Å². The number of hydrogen-bond acceptors (Lipinski definition) is 5. The van der Waals surface area contributed by atoms with Crippen LogP contribution in [0.25, 0.3) is 11.8 Å². The summed E-state index contributed by atoms with van der Waals surface area (Å²) in [5.41, 5.74) is 2.90. The number of rotatable bonds is 6. The SMILES string of the molecule is C=Cc1ccc(CN(C)C)nc1C(=C)NC(=O)c1cnccn1. The molecule has 0 aliphatic heterocycles.